The highest BCUT2D eigenvalue weighted by atomic mass is 16.5. The van der Waals surface area contributed by atoms with Gasteiger partial charge in [0.2, 0.25) is 11.8 Å². The fraction of sp³-hybridized carbons (Fsp3) is 0.300. The molecule has 0 bridgehead atoms. The summed E-state index contributed by atoms with van der Waals surface area (Å²) in [5.41, 5.74) is 1.73. The van der Waals surface area contributed by atoms with Crippen molar-refractivity contribution in [3.63, 3.8) is 0 Å². The Morgan fingerprint density at radius 1 is 1.00 bits per heavy atom. The average molecular weight is 356 g/mol. The molecule has 0 atom stereocenters. The van der Waals surface area contributed by atoms with Gasteiger partial charge in [-0.25, -0.2) is 0 Å². The van der Waals surface area contributed by atoms with Crippen LogP contribution in [0.4, 0.5) is 5.69 Å². The van der Waals surface area contributed by atoms with Crippen LogP contribution < -0.4 is 19.7 Å². The summed E-state index contributed by atoms with van der Waals surface area (Å²) in [6, 6.07) is 14.8. The van der Waals surface area contributed by atoms with E-state index in [0.29, 0.717) is 30.2 Å². The molecule has 0 aromatic heterocycles. The van der Waals surface area contributed by atoms with Crippen LogP contribution in [0.5, 0.6) is 11.5 Å². The zero-order chi connectivity index (χ0) is 18.9. The van der Waals surface area contributed by atoms with Gasteiger partial charge in [-0.15, -0.1) is 0 Å². The normalized spacial score (nSPS) is 10.1. The van der Waals surface area contributed by atoms with E-state index in [1.165, 1.54) is 11.8 Å². The van der Waals surface area contributed by atoms with Crippen LogP contribution in [0.1, 0.15) is 12.5 Å². The van der Waals surface area contributed by atoms with E-state index in [4.69, 9.17) is 9.47 Å². The third-order valence-corrected chi connectivity index (χ3v) is 3.93. The van der Waals surface area contributed by atoms with Crippen LogP contribution >= 0.6 is 0 Å². The highest BCUT2D eigenvalue weighted by Gasteiger charge is 2.15. The third kappa shape index (κ3) is 5.24. The number of carbonyl (C=O) groups is 2. The van der Waals surface area contributed by atoms with E-state index in [-0.39, 0.29) is 18.4 Å². The molecule has 0 saturated heterocycles. The Balaban J connectivity index is 1.89. The van der Waals surface area contributed by atoms with E-state index < -0.39 is 0 Å². The number of carbonyl (C=O) groups excluding carboxylic acids is 2. The Bertz CT molecular complexity index is 747. The number of ether oxygens (including phenoxy) is 2. The van der Waals surface area contributed by atoms with Gasteiger partial charge < -0.3 is 19.7 Å². The highest BCUT2D eigenvalue weighted by Crippen LogP contribution is 2.27. The number of nitrogens with one attached hydrogen (secondary N) is 1. The molecular formula is C20H24N2O4. The number of nitrogens with zero attached hydrogens (tertiary/aromatic N) is 1. The molecule has 0 spiro atoms. The quantitative estimate of drug-likeness (QED) is 0.789. The SMILES string of the molecule is COc1ccc(CCNC(=O)CN(C(C)=O)c2ccccc2)cc1OC. The van der Waals surface area contributed by atoms with Crippen LogP contribution in [-0.4, -0.2) is 39.1 Å². The fourth-order valence-electron chi connectivity index (χ4n) is 2.57. The molecule has 6 nitrogen and oxygen atoms in total. The van der Waals surface area contributed by atoms with Crippen LogP contribution in [0, 0.1) is 0 Å². The van der Waals surface area contributed by atoms with E-state index in [9.17, 15) is 9.59 Å². The molecule has 0 unspecified atom stereocenters. The van der Waals surface area contributed by atoms with Crippen molar-refractivity contribution >= 4 is 17.5 Å². The molecule has 0 aliphatic carbocycles. The highest BCUT2D eigenvalue weighted by molar-refractivity contribution is 5.97. The van der Waals surface area contributed by atoms with E-state index >= 15 is 0 Å². The number of hydrogen-bond donors (Lipinski definition) is 1. The summed E-state index contributed by atoms with van der Waals surface area (Å²) in [6.45, 7) is 1.91. The minimum absolute atomic E-state index is 0.00865. The number of rotatable bonds is 8. The Morgan fingerprint density at radius 3 is 2.31 bits per heavy atom. The van der Waals surface area contributed by atoms with Crippen molar-refractivity contribution in [3.05, 3.63) is 54.1 Å². The van der Waals surface area contributed by atoms with Gasteiger partial charge in [-0.3, -0.25) is 9.59 Å². The van der Waals surface area contributed by atoms with Gasteiger partial charge in [0, 0.05) is 19.2 Å². The Labute approximate surface area is 153 Å². The first-order valence-corrected chi connectivity index (χ1v) is 8.36. The molecule has 2 rings (SSSR count). The number of para-hydroxylation sites is 1. The summed E-state index contributed by atoms with van der Waals surface area (Å²) in [6.07, 6.45) is 0.650. The van der Waals surface area contributed by atoms with Gasteiger partial charge in [0.1, 0.15) is 6.54 Å². The lowest BCUT2D eigenvalue weighted by molar-refractivity contribution is -0.123. The number of benzene rings is 2. The second-order valence-corrected chi connectivity index (χ2v) is 5.73. The number of amides is 2. The van der Waals surface area contributed by atoms with Crippen molar-refractivity contribution in [2.75, 3.05) is 32.2 Å². The molecular weight excluding hydrogens is 332 g/mol. The predicted molar refractivity (Wildman–Crippen MR) is 101 cm³/mol. The first-order valence-electron chi connectivity index (χ1n) is 8.36. The predicted octanol–water partition coefficient (Wildman–Crippen LogP) is 2.42. The molecule has 0 aliphatic rings. The number of anilines is 1. The molecule has 2 amide bonds. The summed E-state index contributed by atoms with van der Waals surface area (Å²) < 4.78 is 10.5. The largest absolute Gasteiger partial charge is 0.493 e. The first-order chi connectivity index (χ1) is 12.5. The molecule has 0 fully saturated rings. The van der Waals surface area contributed by atoms with Gasteiger partial charge in [-0.05, 0) is 36.2 Å². The summed E-state index contributed by atoms with van der Waals surface area (Å²) >= 11 is 0. The third-order valence-electron chi connectivity index (χ3n) is 3.93. The van der Waals surface area contributed by atoms with E-state index in [1.54, 1.807) is 26.4 Å². The lowest BCUT2D eigenvalue weighted by atomic mass is 10.1. The van der Waals surface area contributed by atoms with Gasteiger partial charge in [-0.1, -0.05) is 24.3 Å². The van der Waals surface area contributed by atoms with Crippen molar-refractivity contribution < 1.29 is 19.1 Å². The maximum atomic E-state index is 12.2. The molecule has 0 radical (unpaired) electrons. The lowest BCUT2D eigenvalue weighted by Crippen LogP contribution is -2.40. The van der Waals surface area contributed by atoms with Crippen molar-refractivity contribution in [1.29, 1.82) is 0 Å². The van der Waals surface area contributed by atoms with Crippen molar-refractivity contribution in [2.24, 2.45) is 0 Å². The molecule has 2 aromatic rings. The maximum Gasteiger partial charge on any atom is 0.240 e. The van der Waals surface area contributed by atoms with Gasteiger partial charge in [0.05, 0.1) is 14.2 Å². The first kappa shape index (κ1) is 19.3. The molecule has 138 valence electrons. The molecule has 2 aromatic carbocycles. The van der Waals surface area contributed by atoms with Gasteiger partial charge in [0.15, 0.2) is 11.5 Å². The molecule has 1 N–H and O–H groups in total. The topological polar surface area (TPSA) is 67.9 Å². The van der Waals surface area contributed by atoms with E-state index in [1.807, 2.05) is 36.4 Å². The monoisotopic (exact) mass is 356 g/mol. The summed E-state index contributed by atoms with van der Waals surface area (Å²) in [7, 11) is 3.18. The van der Waals surface area contributed by atoms with Crippen LogP contribution in [0.3, 0.4) is 0 Å². The van der Waals surface area contributed by atoms with E-state index in [0.717, 1.165) is 5.56 Å². The number of hydrogen-bond acceptors (Lipinski definition) is 4. The zero-order valence-corrected chi connectivity index (χ0v) is 15.3. The average Bonchev–Trinajstić information content (AvgIpc) is 2.66. The van der Waals surface area contributed by atoms with Crippen LogP contribution in [0.15, 0.2) is 48.5 Å². The minimum atomic E-state index is -0.204. The minimum Gasteiger partial charge on any atom is -0.493 e. The summed E-state index contributed by atoms with van der Waals surface area (Å²) in [5.74, 6) is 0.944. The molecule has 0 aliphatic heterocycles. The smallest absolute Gasteiger partial charge is 0.240 e. The summed E-state index contributed by atoms with van der Waals surface area (Å²) in [4.78, 5) is 25.5. The summed E-state index contributed by atoms with van der Waals surface area (Å²) in [5, 5.41) is 2.85. The van der Waals surface area contributed by atoms with Gasteiger partial charge in [-0.2, -0.15) is 0 Å². The van der Waals surface area contributed by atoms with Crippen LogP contribution in [0.25, 0.3) is 0 Å². The second-order valence-electron chi connectivity index (χ2n) is 5.73. The standard InChI is InChI=1S/C20H24N2O4/c1-15(23)22(17-7-5-4-6-8-17)14-20(24)21-12-11-16-9-10-18(25-2)19(13-16)26-3/h4-10,13H,11-12,14H2,1-3H3,(H,21,24). The van der Waals surface area contributed by atoms with Crippen molar-refractivity contribution in [3.8, 4) is 11.5 Å². The fourth-order valence-corrected chi connectivity index (χ4v) is 2.57. The Hall–Kier alpha value is -3.02. The molecule has 26 heavy (non-hydrogen) atoms. The van der Waals surface area contributed by atoms with Crippen molar-refractivity contribution in [2.45, 2.75) is 13.3 Å². The maximum absolute atomic E-state index is 12.2. The Morgan fingerprint density at radius 2 is 1.69 bits per heavy atom. The van der Waals surface area contributed by atoms with Crippen LogP contribution in [-0.2, 0) is 16.0 Å². The zero-order valence-electron chi connectivity index (χ0n) is 15.3. The van der Waals surface area contributed by atoms with Gasteiger partial charge >= 0.3 is 0 Å². The Kier molecular flexibility index (Phi) is 7.02. The molecule has 0 heterocycles. The molecule has 0 saturated carbocycles. The lowest BCUT2D eigenvalue weighted by Gasteiger charge is -2.20. The van der Waals surface area contributed by atoms with Gasteiger partial charge in [0.25, 0.3) is 0 Å². The van der Waals surface area contributed by atoms with Crippen molar-refractivity contribution in [1.82, 2.24) is 5.32 Å². The molecule has 6 heteroatoms. The van der Waals surface area contributed by atoms with Crippen LogP contribution in [0.2, 0.25) is 0 Å². The van der Waals surface area contributed by atoms with E-state index in [2.05, 4.69) is 5.32 Å². The second kappa shape index (κ2) is 9.46. The number of methoxy groups -OCH3 is 2.